The quantitative estimate of drug-likeness (QED) is 0.773. The zero-order valence-corrected chi connectivity index (χ0v) is 16.1. The highest BCUT2D eigenvalue weighted by atomic mass is 35.5. The molecule has 0 aromatic heterocycles. The second kappa shape index (κ2) is 8.29. The van der Waals surface area contributed by atoms with E-state index in [4.69, 9.17) is 21.1 Å². The summed E-state index contributed by atoms with van der Waals surface area (Å²) < 4.78 is 37.5. The molecule has 0 saturated heterocycles. The van der Waals surface area contributed by atoms with Crippen molar-refractivity contribution < 1.29 is 22.7 Å². The first kappa shape index (κ1) is 19.9. The highest BCUT2D eigenvalue weighted by Crippen LogP contribution is 2.31. The number of amides is 1. The fourth-order valence-electron chi connectivity index (χ4n) is 2.22. The topological polar surface area (TPSA) is 84.9 Å². The van der Waals surface area contributed by atoms with Gasteiger partial charge in [-0.25, -0.2) is 8.42 Å². The Balaban J connectivity index is 2.55. The highest BCUT2D eigenvalue weighted by molar-refractivity contribution is 7.92. The predicted molar refractivity (Wildman–Crippen MR) is 99.6 cm³/mol. The van der Waals surface area contributed by atoms with Crippen molar-refractivity contribution in [3.8, 4) is 11.5 Å². The lowest BCUT2D eigenvalue weighted by Crippen LogP contribution is -2.39. The molecule has 2 rings (SSSR count). The summed E-state index contributed by atoms with van der Waals surface area (Å²) in [6.07, 6.45) is 0. The minimum atomic E-state index is -4.05. The zero-order valence-electron chi connectivity index (χ0n) is 14.5. The fourth-order valence-corrected chi connectivity index (χ4v) is 3.99. The molecule has 0 unspecified atom stereocenters. The number of ether oxygens (including phenoxy) is 2. The van der Waals surface area contributed by atoms with E-state index in [1.807, 2.05) is 0 Å². The van der Waals surface area contributed by atoms with Gasteiger partial charge >= 0.3 is 0 Å². The van der Waals surface area contributed by atoms with Crippen molar-refractivity contribution in [3.63, 3.8) is 0 Å². The molecule has 0 heterocycles. The number of benzene rings is 2. The monoisotopic (exact) mass is 398 g/mol. The van der Waals surface area contributed by atoms with Crippen LogP contribution < -0.4 is 19.1 Å². The van der Waals surface area contributed by atoms with E-state index in [-0.39, 0.29) is 9.92 Å². The Bertz CT molecular complexity index is 902. The molecule has 0 fully saturated rings. The number of likely N-dealkylation sites (N-methyl/N-ethyl adjacent to an activating group) is 1. The Hall–Kier alpha value is -2.45. The standard InChI is InChI=1S/C17H19ClN2O5S/c1-19-17(21)11-20(12-5-4-6-13(9-12)24-2)26(22,23)14-7-8-16(25-3)15(18)10-14/h4-10H,11H2,1-3H3,(H,19,21). The van der Waals surface area contributed by atoms with Crippen LogP contribution in [0.3, 0.4) is 0 Å². The van der Waals surface area contributed by atoms with Gasteiger partial charge in [0.1, 0.15) is 18.0 Å². The highest BCUT2D eigenvalue weighted by Gasteiger charge is 2.28. The number of nitrogens with zero attached hydrogens (tertiary/aromatic N) is 1. The van der Waals surface area contributed by atoms with E-state index in [9.17, 15) is 13.2 Å². The third-order valence-corrected chi connectivity index (χ3v) is 5.68. The number of nitrogens with one attached hydrogen (secondary N) is 1. The molecule has 7 nitrogen and oxygen atoms in total. The Kier molecular flexibility index (Phi) is 6.33. The predicted octanol–water partition coefficient (Wildman–Crippen LogP) is 2.30. The molecule has 0 bridgehead atoms. The number of halogens is 1. The van der Waals surface area contributed by atoms with Gasteiger partial charge in [-0.1, -0.05) is 17.7 Å². The lowest BCUT2D eigenvalue weighted by molar-refractivity contribution is -0.119. The van der Waals surface area contributed by atoms with Crippen LogP contribution in [0.4, 0.5) is 5.69 Å². The van der Waals surface area contributed by atoms with Crippen molar-refractivity contribution in [1.82, 2.24) is 5.32 Å². The van der Waals surface area contributed by atoms with Crippen molar-refractivity contribution >= 4 is 33.2 Å². The van der Waals surface area contributed by atoms with Gasteiger partial charge in [0.05, 0.1) is 29.8 Å². The molecular weight excluding hydrogens is 380 g/mol. The van der Waals surface area contributed by atoms with E-state index in [0.717, 1.165) is 4.31 Å². The molecule has 9 heteroatoms. The minimum absolute atomic E-state index is 0.0602. The van der Waals surface area contributed by atoms with Crippen molar-refractivity contribution in [2.45, 2.75) is 4.90 Å². The molecule has 2 aromatic rings. The number of hydrogen-bond acceptors (Lipinski definition) is 5. The van der Waals surface area contributed by atoms with Crippen LogP contribution in [0.15, 0.2) is 47.4 Å². The van der Waals surface area contributed by atoms with E-state index in [1.54, 1.807) is 18.2 Å². The van der Waals surface area contributed by atoms with E-state index in [0.29, 0.717) is 17.2 Å². The van der Waals surface area contributed by atoms with Gasteiger partial charge in [0.2, 0.25) is 5.91 Å². The van der Waals surface area contributed by atoms with Crippen molar-refractivity contribution in [3.05, 3.63) is 47.5 Å². The fraction of sp³-hybridized carbons (Fsp3) is 0.235. The average molecular weight is 399 g/mol. The summed E-state index contributed by atoms with van der Waals surface area (Å²) in [6.45, 7) is -0.393. The van der Waals surface area contributed by atoms with Gasteiger partial charge in [-0.2, -0.15) is 0 Å². The minimum Gasteiger partial charge on any atom is -0.497 e. The average Bonchev–Trinajstić information content (AvgIpc) is 2.65. The SMILES string of the molecule is CNC(=O)CN(c1cccc(OC)c1)S(=O)(=O)c1ccc(OC)c(Cl)c1. The lowest BCUT2D eigenvalue weighted by atomic mass is 10.3. The third-order valence-electron chi connectivity index (χ3n) is 3.62. The molecule has 0 aliphatic carbocycles. The van der Waals surface area contributed by atoms with Crippen molar-refractivity contribution in [1.29, 1.82) is 0 Å². The van der Waals surface area contributed by atoms with Gasteiger partial charge in [-0.3, -0.25) is 9.10 Å². The molecule has 140 valence electrons. The first-order chi connectivity index (χ1) is 12.3. The molecule has 1 amide bonds. The molecular formula is C17H19ClN2O5S. The van der Waals surface area contributed by atoms with Gasteiger partial charge in [0, 0.05) is 13.1 Å². The summed E-state index contributed by atoms with van der Waals surface area (Å²) >= 11 is 6.06. The van der Waals surface area contributed by atoms with Crippen LogP contribution in [0.25, 0.3) is 0 Å². The van der Waals surface area contributed by atoms with Crippen LogP contribution in [-0.4, -0.2) is 42.1 Å². The van der Waals surface area contributed by atoms with E-state index in [2.05, 4.69) is 5.32 Å². The van der Waals surface area contributed by atoms with Gasteiger partial charge in [-0.05, 0) is 30.3 Å². The summed E-state index contributed by atoms with van der Waals surface area (Å²) in [5.74, 6) is 0.355. The first-order valence-electron chi connectivity index (χ1n) is 7.54. The van der Waals surface area contributed by atoms with Crippen LogP contribution in [0.5, 0.6) is 11.5 Å². The largest absolute Gasteiger partial charge is 0.497 e. The Labute approximate surface area is 157 Å². The van der Waals surface area contributed by atoms with E-state index in [1.165, 1.54) is 45.5 Å². The number of carbonyl (C=O) groups excluding carboxylic acids is 1. The lowest BCUT2D eigenvalue weighted by Gasteiger charge is -2.24. The molecule has 26 heavy (non-hydrogen) atoms. The number of sulfonamides is 1. The zero-order chi connectivity index (χ0) is 19.3. The molecule has 0 aliphatic heterocycles. The number of hydrogen-bond donors (Lipinski definition) is 1. The maximum Gasteiger partial charge on any atom is 0.264 e. The molecule has 2 aromatic carbocycles. The van der Waals surface area contributed by atoms with Gasteiger partial charge < -0.3 is 14.8 Å². The summed E-state index contributed by atoms with van der Waals surface area (Å²) in [4.78, 5) is 11.8. The maximum atomic E-state index is 13.1. The molecule has 1 N–H and O–H groups in total. The Morgan fingerprint density at radius 3 is 2.46 bits per heavy atom. The van der Waals surface area contributed by atoms with E-state index >= 15 is 0 Å². The summed E-state index contributed by atoms with van der Waals surface area (Å²) in [7, 11) is 0.285. The molecule has 0 spiro atoms. The van der Waals surface area contributed by atoms with Gasteiger partial charge in [-0.15, -0.1) is 0 Å². The van der Waals surface area contributed by atoms with Crippen molar-refractivity contribution in [2.24, 2.45) is 0 Å². The van der Waals surface area contributed by atoms with Crippen LogP contribution in [0.2, 0.25) is 5.02 Å². The number of rotatable bonds is 7. The number of anilines is 1. The second-order valence-corrected chi connectivity index (χ2v) is 7.45. The van der Waals surface area contributed by atoms with Gasteiger partial charge in [0.25, 0.3) is 10.0 Å². The van der Waals surface area contributed by atoms with Gasteiger partial charge in [0.15, 0.2) is 0 Å². The second-order valence-electron chi connectivity index (χ2n) is 5.18. The van der Waals surface area contributed by atoms with Crippen LogP contribution in [0.1, 0.15) is 0 Å². The van der Waals surface area contributed by atoms with Crippen LogP contribution in [0, 0.1) is 0 Å². The molecule has 0 radical (unpaired) electrons. The number of carbonyl (C=O) groups is 1. The molecule has 0 aliphatic rings. The normalized spacial score (nSPS) is 10.9. The summed E-state index contributed by atoms with van der Waals surface area (Å²) in [5.41, 5.74) is 0.292. The number of methoxy groups -OCH3 is 2. The Morgan fingerprint density at radius 2 is 1.88 bits per heavy atom. The summed E-state index contributed by atoms with van der Waals surface area (Å²) in [5, 5.41) is 2.58. The summed E-state index contributed by atoms with van der Waals surface area (Å²) in [6, 6.07) is 10.5. The molecule has 0 saturated carbocycles. The van der Waals surface area contributed by atoms with Crippen molar-refractivity contribution in [2.75, 3.05) is 32.1 Å². The van der Waals surface area contributed by atoms with Crippen LogP contribution >= 0.6 is 11.6 Å². The Morgan fingerprint density at radius 1 is 1.15 bits per heavy atom. The van der Waals surface area contributed by atoms with Crippen LogP contribution in [-0.2, 0) is 14.8 Å². The van der Waals surface area contributed by atoms with E-state index < -0.39 is 22.5 Å². The third kappa shape index (κ3) is 4.20. The maximum absolute atomic E-state index is 13.1. The molecule has 0 atom stereocenters. The first-order valence-corrected chi connectivity index (χ1v) is 9.36. The smallest absolute Gasteiger partial charge is 0.264 e.